The predicted molar refractivity (Wildman–Crippen MR) is 178 cm³/mol. The van der Waals surface area contributed by atoms with Gasteiger partial charge in [0.1, 0.15) is 23.0 Å². The van der Waals surface area contributed by atoms with Gasteiger partial charge < -0.3 is 18.6 Å². The van der Waals surface area contributed by atoms with Crippen LogP contribution in [0.2, 0.25) is 0 Å². The first-order valence-electron chi connectivity index (χ1n) is 14.7. The second-order valence-corrected chi connectivity index (χ2v) is 12.8. The second-order valence-electron chi connectivity index (χ2n) is 11.2. The number of hydrogen-bond donors (Lipinski definition) is 0. The Morgan fingerprint density at radius 2 is 0.902 bits per heavy atom. The molecule has 0 amide bonds. The topological polar surface area (TPSA) is 36.9 Å². The van der Waals surface area contributed by atoms with E-state index < -0.39 is 14.2 Å². The lowest BCUT2D eigenvalue weighted by molar-refractivity contribution is 0.400. The molecule has 0 aromatic heterocycles. The van der Waals surface area contributed by atoms with Gasteiger partial charge in [-0.15, -0.1) is 0 Å². The van der Waals surface area contributed by atoms with Gasteiger partial charge in [-0.25, -0.2) is 0 Å². The highest BCUT2D eigenvalue weighted by Gasteiger charge is 2.45. The van der Waals surface area contributed by atoms with E-state index in [0.29, 0.717) is 23.0 Å². The fraction of sp³-hybridized carbons (Fsp3) is 0.394. The quantitative estimate of drug-likeness (QED) is 0.115. The van der Waals surface area contributed by atoms with E-state index in [2.05, 4.69) is 94.6 Å². The van der Waals surface area contributed by atoms with Crippen LogP contribution in [0.1, 0.15) is 75.3 Å². The van der Waals surface area contributed by atoms with Gasteiger partial charge in [0.15, 0.2) is 0 Å². The van der Waals surface area contributed by atoms with Gasteiger partial charge >= 0.3 is 14.2 Å². The molecule has 2 fully saturated rings. The Balaban J connectivity index is 1.56. The van der Waals surface area contributed by atoms with Crippen LogP contribution in [-0.2, 0) is 24.0 Å². The third kappa shape index (κ3) is 6.24. The Morgan fingerprint density at radius 3 is 1.27 bits per heavy atom. The molecule has 2 heterocycles. The van der Waals surface area contributed by atoms with Gasteiger partial charge in [0, 0.05) is 27.0 Å². The van der Waals surface area contributed by atoms with Crippen molar-refractivity contribution >= 4 is 57.0 Å². The highest BCUT2D eigenvalue weighted by molar-refractivity contribution is 9.09. The summed E-state index contributed by atoms with van der Waals surface area (Å²) in [5, 5.41) is 2.11. The summed E-state index contributed by atoms with van der Waals surface area (Å²) in [6.07, 6.45) is 11.8. The van der Waals surface area contributed by atoms with Crippen LogP contribution >= 0.6 is 31.9 Å². The average Bonchev–Trinajstić information content (AvgIpc) is 3.59. The number of rotatable bonds is 14. The molecule has 5 rings (SSSR count). The molecule has 0 bridgehead atoms. The molecule has 0 atom stereocenters. The van der Waals surface area contributed by atoms with E-state index in [1.807, 2.05) is 0 Å². The van der Waals surface area contributed by atoms with Crippen LogP contribution in [0.15, 0.2) is 85.8 Å². The minimum absolute atomic E-state index is 0.126. The molecule has 41 heavy (non-hydrogen) atoms. The molecule has 0 unspecified atom stereocenters. The van der Waals surface area contributed by atoms with Gasteiger partial charge in [0.25, 0.3) is 0 Å². The largest absolute Gasteiger partial charge is 0.632 e. The molecule has 2 saturated heterocycles. The van der Waals surface area contributed by atoms with E-state index in [-0.39, 0.29) is 5.41 Å². The minimum atomic E-state index is -0.521. The first kappa shape index (κ1) is 30.2. The summed E-state index contributed by atoms with van der Waals surface area (Å²) in [7, 11) is -1.04. The molecule has 0 saturated carbocycles. The molecule has 0 spiro atoms. The highest BCUT2D eigenvalue weighted by Crippen LogP contribution is 2.54. The van der Waals surface area contributed by atoms with Crippen molar-refractivity contribution in [2.24, 2.45) is 0 Å². The molecular formula is C33H38B2Br2O4. The van der Waals surface area contributed by atoms with E-state index in [4.69, 9.17) is 18.6 Å². The van der Waals surface area contributed by atoms with Crippen LogP contribution in [0.3, 0.4) is 0 Å². The van der Waals surface area contributed by atoms with Crippen molar-refractivity contribution in [1.29, 1.82) is 0 Å². The summed E-state index contributed by atoms with van der Waals surface area (Å²) in [5.74, 6) is 1.97. The maximum absolute atomic E-state index is 5.95. The normalized spacial score (nSPS) is 16.8. The van der Waals surface area contributed by atoms with Gasteiger partial charge in [-0.2, -0.15) is 0 Å². The maximum atomic E-state index is 5.95. The van der Waals surface area contributed by atoms with Crippen molar-refractivity contribution in [2.45, 2.75) is 69.6 Å². The van der Waals surface area contributed by atoms with Crippen LogP contribution in [0.4, 0.5) is 0 Å². The first-order valence-corrected chi connectivity index (χ1v) is 17.0. The van der Waals surface area contributed by atoms with E-state index in [9.17, 15) is 0 Å². The minimum Gasteiger partial charge on any atom is -0.520 e. The molecule has 4 nitrogen and oxygen atoms in total. The van der Waals surface area contributed by atoms with Crippen LogP contribution in [0.5, 0.6) is 0 Å². The number of benzene rings is 2. The van der Waals surface area contributed by atoms with Crippen LogP contribution < -0.4 is 10.9 Å². The molecule has 3 aliphatic rings. The molecule has 2 aromatic carbocycles. The van der Waals surface area contributed by atoms with E-state index in [1.54, 1.807) is 0 Å². The Morgan fingerprint density at radius 1 is 0.537 bits per heavy atom. The van der Waals surface area contributed by atoms with E-state index in [1.165, 1.54) is 60.8 Å². The number of fused-ring (bicyclic) bond motifs is 3. The summed E-state index contributed by atoms with van der Waals surface area (Å²) >= 11 is 7.20. The SMILES string of the molecule is C=C1OB(c2ccc3c(c2)C(CCCCCCBr)(CCCCCCBr)c2cc(B4OC(=C)C(=C)O4)ccc2-3)OC1=C. The molecule has 0 N–H and O–H groups in total. The average molecular weight is 680 g/mol. The monoisotopic (exact) mass is 678 g/mol. The Hall–Kier alpha value is -2.31. The van der Waals surface area contributed by atoms with Gasteiger partial charge in [0.05, 0.1) is 0 Å². The number of halogens is 2. The Labute approximate surface area is 262 Å². The number of unbranched alkanes of at least 4 members (excludes halogenated alkanes) is 6. The van der Waals surface area contributed by atoms with Gasteiger partial charge in [-0.1, -0.05) is 133 Å². The molecule has 2 aliphatic heterocycles. The molecule has 0 radical (unpaired) electrons. The van der Waals surface area contributed by atoms with Gasteiger partial charge in [0.2, 0.25) is 0 Å². The van der Waals surface area contributed by atoms with Crippen LogP contribution in [-0.4, -0.2) is 24.9 Å². The number of alkyl halides is 2. The zero-order valence-electron chi connectivity index (χ0n) is 23.8. The lowest BCUT2D eigenvalue weighted by Crippen LogP contribution is -2.35. The summed E-state index contributed by atoms with van der Waals surface area (Å²) in [4.78, 5) is 0. The summed E-state index contributed by atoms with van der Waals surface area (Å²) in [5.41, 5.74) is 7.16. The fourth-order valence-electron chi connectivity index (χ4n) is 6.34. The third-order valence-electron chi connectivity index (χ3n) is 8.55. The van der Waals surface area contributed by atoms with Crippen LogP contribution in [0.25, 0.3) is 11.1 Å². The Kier molecular flexibility index (Phi) is 9.81. The summed E-state index contributed by atoms with van der Waals surface area (Å²) < 4.78 is 23.8. The highest BCUT2D eigenvalue weighted by atomic mass is 79.9. The van der Waals surface area contributed by atoms with Crippen molar-refractivity contribution in [3.8, 4) is 11.1 Å². The molecule has 2 aromatic rings. The van der Waals surface area contributed by atoms with Crippen molar-refractivity contribution in [3.05, 3.63) is 96.9 Å². The van der Waals surface area contributed by atoms with E-state index in [0.717, 1.165) is 47.3 Å². The molecule has 214 valence electrons. The van der Waals surface area contributed by atoms with Gasteiger partial charge in [-0.05, 0) is 47.9 Å². The predicted octanol–water partition coefficient (Wildman–Crippen LogP) is 8.18. The number of hydrogen-bond acceptors (Lipinski definition) is 4. The Bertz CT molecular complexity index is 1210. The zero-order chi connectivity index (χ0) is 29.0. The lowest BCUT2D eigenvalue weighted by atomic mass is 9.67. The zero-order valence-corrected chi connectivity index (χ0v) is 27.0. The van der Waals surface area contributed by atoms with Crippen molar-refractivity contribution in [2.75, 3.05) is 10.7 Å². The summed E-state index contributed by atoms with van der Waals surface area (Å²) in [6, 6.07) is 13.3. The lowest BCUT2D eigenvalue weighted by Gasteiger charge is -2.33. The molecular weight excluding hydrogens is 642 g/mol. The standard InChI is InChI=1S/C33H38B2Br2O4/c1-23-24(2)39-34(38-23)27-13-15-29-30-16-14-28(35-40-25(3)26(4)41-35)22-32(30)33(31(29)21-27,17-9-5-7-11-19-36)18-10-6-8-12-20-37/h13-16,21-22H,1-12,17-20H2. The third-order valence-corrected chi connectivity index (χ3v) is 9.67. The smallest absolute Gasteiger partial charge is 0.520 e. The summed E-state index contributed by atoms with van der Waals surface area (Å²) in [6.45, 7) is 15.8. The molecule has 8 heteroatoms. The fourth-order valence-corrected chi connectivity index (χ4v) is 7.13. The first-order chi connectivity index (χ1) is 19.9. The van der Waals surface area contributed by atoms with Gasteiger partial charge in [-0.3, -0.25) is 0 Å². The van der Waals surface area contributed by atoms with Crippen molar-refractivity contribution in [1.82, 2.24) is 0 Å². The van der Waals surface area contributed by atoms with E-state index >= 15 is 0 Å². The molecule has 1 aliphatic carbocycles. The van der Waals surface area contributed by atoms with Crippen molar-refractivity contribution < 1.29 is 18.6 Å². The maximum Gasteiger partial charge on any atom is 0.632 e. The van der Waals surface area contributed by atoms with Crippen molar-refractivity contribution in [3.63, 3.8) is 0 Å². The van der Waals surface area contributed by atoms with Crippen LogP contribution in [0, 0.1) is 0 Å². The second kappa shape index (κ2) is 13.3.